The van der Waals surface area contributed by atoms with E-state index in [1.165, 1.54) is 11.0 Å². The molecule has 0 fully saturated rings. The summed E-state index contributed by atoms with van der Waals surface area (Å²) >= 11 is 0. The summed E-state index contributed by atoms with van der Waals surface area (Å²) in [7, 11) is 0. The molecule has 1 N–H and O–H groups in total. The highest BCUT2D eigenvalue weighted by molar-refractivity contribution is 5.90. The second-order valence-electron chi connectivity index (χ2n) is 5.21. The molecular formula is C18H24N2O4. The number of benzene rings is 1. The molecule has 6 nitrogen and oxygen atoms in total. The number of nitrogens with one attached hydrogen (secondary N) is 1. The highest BCUT2D eigenvalue weighted by Gasteiger charge is 2.16. The van der Waals surface area contributed by atoms with E-state index in [-0.39, 0.29) is 19.1 Å². The minimum atomic E-state index is -0.599. The third-order valence-corrected chi connectivity index (χ3v) is 3.27. The summed E-state index contributed by atoms with van der Waals surface area (Å²) < 4.78 is 4.92. The number of amides is 2. The third kappa shape index (κ3) is 7.09. The number of rotatable bonds is 8. The van der Waals surface area contributed by atoms with Crippen LogP contribution in [0, 0.1) is 6.92 Å². The number of hydrogen-bond donors (Lipinski definition) is 1. The van der Waals surface area contributed by atoms with Gasteiger partial charge in [0, 0.05) is 19.2 Å². The predicted molar refractivity (Wildman–Crippen MR) is 92.1 cm³/mol. The van der Waals surface area contributed by atoms with Crippen molar-refractivity contribution in [2.45, 2.75) is 20.8 Å². The van der Waals surface area contributed by atoms with E-state index in [1.54, 1.807) is 19.9 Å². The van der Waals surface area contributed by atoms with Gasteiger partial charge >= 0.3 is 5.97 Å². The lowest BCUT2D eigenvalue weighted by atomic mass is 10.1. The average molecular weight is 332 g/mol. The molecule has 24 heavy (non-hydrogen) atoms. The van der Waals surface area contributed by atoms with E-state index in [0.29, 0.717) is 13.1 Å². The Morgan fingerprint density at radius 2 is 1.83 bits per heavy atom. The van der Waals surface area contributed by atoms with Gasteiger partial charge in [-0.05, 0) is 32.4 Å². The number of aryl methyl sites for hydroxylation is 1. The molecule has 1 rings (SSSR count). The van der Waals surface area contributed by atoms with Crippen LogP contribution in [0.5, 0.6) is 0 Å². The van der Waals surface area contributed by atoms with Crippen LogP contribution in [0.15, 0.2) is 30.3 Å². The van der Waals surface area contributed by atoms with Crippen LogP contribution >= 0.6 is 0 Å². The number of carbonyl (C=O) groups is 3. The van der Waals surface area contributed by atoms with Crippen molar-refractivity contribution in [1.29, 1.82) is 0 Å². The molecule has 130 valence electrons. The van der Waals surface area contributed by atoms with Gasteiger partial charge in [0.05, 0.1) is 6.54 Å². The molecule has 0 aromatic heterocycles. The number of ether oxygens (including phenoxy) is 1. The van der Waals surface area contributed by atoms with Gasteiger partial charge in [0.2, 0.25) is 5.91 Å². The molecule has 6 heteroatoms. The van der Waals surface area contributed by atoms with Gasteiger partial charge in [0.1, 0.15) is 0 Å². The number of nitrogens with zero attached hydrogens (tertiary/aromatic N) is 1. The first kappa shape index (κ1) is 19.4. The molecule has 0 unspecified atom stereocenters. The Labute approximate surface area is 142 Å². The molecule has 0 aliphatic rings. The van der Waals surface area contributed by atoms with Gasteiger partial charge in [0.15, 0.2) is 6.61 Å². The molecule has 1 aromatic carbocycles. The van der Waals surface area contributed by atoms with Crippen molar-refractivity contribution in [3.8, 4) is 0 Å². The molecule has 0 saturated carbocycles. The molecule has 0 aliphatic heterocycles. The fourth-order valence-corrected chi connectivity index (χ4v) is 1.92. The van der Waals surface area contributed by atoms with Crippen molar-refractivity contribution in [3.05, 3.63) is 41.5 Å². The van der Waals surface area contributed by atoms with Gasteiger partial charge in [-0.25, -0.2) is 4.79 Å². The van der Waals surface area contributed by atoms with Crippen LogP contribution in [0.1, 0.15) is 25.0 Å². The van der Waals surface area contributed by atoms with Crippen molar-refractivity contribution in [3.63, 3.8) is 0 Å². The monoisotopic (exact) mass is 332 g/mol. The highest BCUT2D eigenvalue weighted by atomic mass is 16.5. The second-order valence-corrected chi connectivity index (χ2v) is 5.21. The number of likely N-dealkylation sites (N-methyl/N-ethyl adjacent to an activating group) is 2. The Kier molecular flexibility index (Phi) is 8.25. The van der Waals surface area contributed by atoms with Crippen LogP contribution in [-0.2, 0) is 19.1 Å². The number of hydrogen-bond acceptors (Lipinski definition) is 4. The van der Waals surface area contributed by atoms with Crippen LogP contribution in [0.3, 0.4) is 0 Å². The molecule has 0 atom stereocenters. The standard InChI is InChI=1S/C18H24N2O4/c1-4-19-16(21)12-20(5-2)17(22)13-24-18(23)11-10-15-8-6-14(3)7-9-15/h6-11H,4-5,12-13H2,1-3H3,(H,19,21)/b11-10+. The molecular weight excluding hydrogens is 308 g/mol. The van der Waals surface area contributed by atoms with Gasteiger partial charge in [-0.15, -0.1) is 0 Å². The Balaban J connectivity index is 2.45. The molecule has 0 aliphatic carbocycles. The van der Waals surface area contributed by atoms with Crippen LogP contribution in [-0.4, -0.2) is 48.9 Å². The van der Waals surface area contributed by atoms with Crippen molar-refractivity contribution in [1.82, 2.24) is 10.2 Å². The van der Waals surface area contributed by atoms with Gasteiger partial charge in [-0.2, -0.15) is 0 Å². The molecule has 0 radical (unpaired) electrons. The van der Waals surface area contributed by atoms with Crippen LogP contribution in [0.4, 0.5) is 0 Å². The maximum Gasteiger partial charge on any atom is 0.331 e. The summed E-state index contributed by atoms with van der Waals surface area (Å²) in [5.41, 5.74) is 2.00. The molecule has 0 spiro atoms. The lowest BCUT2D eigenvalue weighted by Crippen LogP contribution is -2.42. The SMILES string of the molecule is CCNC(=O)CN(CC)C(=O)COC(=O)/C=C/c1ccc(C)cc1. The highest BCUT2D eigenvalue weighted by Crippen LogP contribution is 2.05. The number of esters is 1. The first-order valence-corrected chi connectivity index (χ1v) is 7.92. The maximum absolute atomic E-state index is 12.0. The topological polar surface area (TPSA) is 75.7 Å². The van der Waals surface area contributed by atoms with Crippen molar-refractivity contribution in [2.24, 2.45) is 0 Å². The zero-order chi connectivity index (χ0) is 17.9. The van der Waals surface area contributed by atoms with Gasteiger partial charge < -0.3 is 15.0 Å². The normalized spacial score (nSPS) is 10.5. The van der Waals surface area contributed by atoms with E-state index in [1.807, 2.05) is 31.2 Å². The van der Waals surface area contributed by atoms with Crippen LogP contribution < -0.4 is 5.32 Å². The van der Waals surface area contributed by atoms with E-state index >= 15 is 0 Å². The Morgan fingerprint density at radius 3 is 2.42 bits per heavy atom. The fraction of sp³-hybridized carbons (Fsp3) is 0.389. The lowest BCUT2D eigenvalue weighted by molar-refractivity contribution is -0.148. The van der Waals surface area contributed by atoms with E-state index < -0.39 is 11.9 Å². The summed E-state index contributed by atoms with van der Waals surface area (Å²) in [6, 6.07) is 7.65. The van der Waals surface area contributed by atoms with E-state index in [2.05, 4.69) is 5.32 Å². The van der Waals surface area contributed by atoms with Crippen molar-refractivity contribution in [2.75, 3.05) is 26.2 Å². The van der Waals surface area contributed by atoms with Crippen molar-refractivity contribution < 1.29 is 19.1 Å². The first-order valence-electron chi connectivity index (χ1n) is 7.92. The third-order valence-electron chi connectivity index (χ3n) is 3.27. The summed E-state index contributed by atoms with van der Waals surface area (Å²) in [4.78, 5) is 36.5. The van der Waals surface area contributed by atoms with Gasteiger partial charge in [0.25, 0.3) is 5.91 Å². The summed E-state index contributed by atoms with van der Waals surface area (Å²) in [5, 5.41) is 2.62. The smallest absolute Gasteiger partial charge is 0.331 e. The van der Waals surface area contributed by atoms with E-state index in [4.69, 9.17) is 4.74 Å². The number of carbonyl (C=O) groups excluding carboxylic acids is 3. The van der Waals surface area contributed by atoms with Crippen LogP contribution in [0.2, 0.25) is 0 Å². The van der Waals surface area contributed by atoms with E-state index in [0.717, 1.165) is 11.1 Å². The fourth-order valence-electron chi connectivity index (χ4n) is 1.92. The minimum absolute atomic E-state index is 0.0417. The Bertz CT molecular complexity index is 594. The first-order chi connectivity index (χ1) is 11.5. The molecule has 0 saturated heterocycles. The lowest BCUT2D eigenvalue weighted by Gasteiger charge is -2.19. The van der Waals surface area contributed by atoms with Gasteiger partial charge in [-0.1, -0.05) is 29.8 Å². The largest absolute Gasteiger partial charge is 0.452 e. The molecule has 0 bridgehead atoms. The van der Waals surface area contributed by atoms with Gasteiger partial charge in [-0.3, -0.25) is 9.59 Å². The zero-order valence-electron chi connectivity index (χ0n) is 14.4. The molecule has 1 aromatic rings. The summed E-state index contributed by atoms with van der Waals surface area (Å²) in [6.07, 6.45) is 2.90. The second kappa shape index (κ2) is 10.2. The summed E-state index contributed by atoms with van der Waals surface area (Å²) in [6.45, 7) is 5.99. The minimum Gasteiger partial charge on any atom is -0.452 e. The maximum atomic E-state index is 12.0. The van der Waals surface area contributed by atoms with Crippen molar-refractivity contribution >= 4 is 23.9 Å². The Hall–Kier alpha value is -2.63. The quantitative estimate of drug-likeness (QED) is 0.579. The van der Waals surface area contributed by atoms with E-state index in [9.17, 15) is 14.4 Å². The Morgan fingerprint density at radius 1 is 1.17 bits per heavy atom. The molecule has 0 heterocycles. The predicted octanol–water partition coefficient (Wildman–Crippen LogP) is 1.54. The molecule has 2 amide bonds. The average Bonchev–Trinajstić information content (AvgIpc) is 2.57. The summed E-state index contributed by atoms with van der Waals surface area (Å²) in [5.74, 6) is -1.24. The zero-order valence-corrected chi connectivity index (χ0v) is 14.4. The van der Waals surface area contributed by atoms with Crippen LogP contribution in [0.25, 0.3) is 6.08 Å².